The lowest BCUT2D eigenvalue weighted by Crippen LogP contribution is -2.39. The highest BCUT2D eigenvalue weighted by Gasteiger charge is 2.18. The zero-order valence-corrected chi connectivity index (χ0v) is 9.71. The van der Waals surface area contributed by atoms with Crippen molar-refractivity contribution in [2.45, 2.75) is 46.6 Å². The van der Waals surface area contributed by atoms with Gasteiger partial charge in [-0.25, -0.2) is 0 Å². The number of nitrogens with two attached hydrogens (primary N) is 1. The maximum absolute atomic E-state index is 5.54. The fourth-order valence-corrected chi connectivity index (χ4v) is 1.96. The molecule has 0 aromatic heterocycles. The van der Waals surface area contributed by atoms with Crippen LogP contribution < -0.4 is 5.73 Å². The molecule has 2 heteroatoms. The van der Waals surface area contributed by atoms with Crippen molar-refractivity contribution in [2.24, 2.45) is 11.7 Å². The summed E-state index contributed by atoms with van der Waals surface area (Å²) in [6, 6.07) is 0.721. The van der Waals surface area contributed by atoms with E-state index in [1.165, 1.54) is 6.42 Å². The summed E-state index contributed by atoms with van der Waals surface area (Å²) < 4.78 is 0. The van der Waals surface area contributed by atoms with Crippen molar-refractivity contribution in [3.8, 4) is 0 Å². The zero-order chi connectivity index (χ0) is 10.3. The molecule has 0 aromatic carbocycles. The van der Waals surface area contributed by atoms with Crippen LogP contribution in [0.25, 0.3) is 0 Å². The molecule has 0 rings (SSSR count). The van der Waals surface area contributed by atoms with Gasteiger partial charge in [0.1, 0.15) is 0 Å². The highest BCUT2D eigenvalue weighted by Crippen LogP contribution is 2.15. The Hall–Kier alpha value is -0.0800. The summed E-state index contributed by atoms with van der Waals surface area (Å²) >= 11 is 0. The maximum atomic E-state index is 5.54. The minimum atomic E-state index is 0.721. The van der Waals surface area contributed by atoms with Gasteiger partial charge in [0, 0.05) is 6.04 Å². The molecule has 2 N–H and O–H groups in total. The van der Waals surface area contributed by atoms with Gasteiger partial charge in [0.2, 0.25) is 0 Å². The van der Waals surface area contributed by atoms with E-state index in [0.717, 1.165) is 38.0 Å². The molecule has 0 aliphatic heterocycles. The normalized spacial score (nSPS) is 14.1. The standard InChI is InChI=1S/C11H26N2/c1-5-13(6-2)11(10(3)4)8-7-9-12/h10-11H,5-9,12H2,1-4H3. The fraction of sp³-hybridized carbons (Fsp3) is 1.00. The molecule has 0 heterocycles. The third-order valence-corrected chi connectivity index (χ3v) is 2.75. The summed E-state index contributed by atoms with van der Waals surface area (Å²) in [6.45, 7) is 12.2. The van der Waals surface area contributed by atoms with Crippen molar-refractivity contribution in [2.75, 3.05) is 19.6 Å². The van der Waals surface area contributed by atoms with E-state index in [-0.39, 0.29) is 0 Å². The molecule has 0 aromatic rings. The second-order valence-corrected chi connectivity index (χ2v) is 3.96. The average Bonchev–Trinajstić information content (AvgIpc) is 2.11. The molecule has 13 heavy (non-hydrogen) atoms. The Kier molecular flexibility index (Phi) is 7.29. The molecular formula is C11H26N2. The second-order valence-electron chi connectivity index (χ2n) is 3.96. The zero-order valence-electron chi connectivity index (χ0n) is 9.71. The first kappa shape index (κ1) is 12.9. The first-order valence-corrected chi connectivity index (χ1v) is 5.61. The third-order valence-electron chi connectivity index (χ3n) is 2.75. The molecule has 2 nitrogen and oxygen atoms in total. The predicted molar refractivity (Wildman–Crippen MR) is 59.8 cm³/mol. The molecule has 0 aliphatic carbocycles. The first-order valence-electron chi connectivity index (χ1n) is 5.61. The molecular weight excluding hydrogens is 160 g/mol. The largest absolute Gasteiger partial charge is 0.330 e. The summed E-state index contributed by atoms with van der Waals surface area (Å²) in [5, 5.41) is 0. The van der Waals surface area contributed by atoms with Crippen LogP contribution in [0, 0.1) is 5.92 Å². The lowest BCUT2D eigenvalue weighted by molar-refractivity contribution is 0.159. The lowest BCUT2D eigenvalue weighted by atomic mass is 9.97. The van der Waals surface area contributed by atoms with Crippen molar-refractivity contribution in [3.63, 3.8) is 0 Å². The van der Waals surface area contributed by atoms with Gasteiger partial charge >= 0.3 is 0 Å². The van der Waals surface area contributed by atoms with E-state index in [1.807, 2.05) is 0 Å². The Morgan fingerprint density at radius 1 is 1.15 bits per heavy atom. The van der Waals surface area contributed by atoms with Crippen molar-refractivity contribution in [3.05, 3.63) is 0 Å². The van der Waals surface area contributed by atoms with Gasteiger partial charge in [-0.1, -0.05) is 27.7 Å². The lowest BCUT2D eigenvalue weighted by Gasteiger charge is -2.32. The van der Waals surface area contributed by atoms with Crippen LogP contribution in [0.3, 0.4) is 0 Å². The molecule has 0 radical (unpaired) electrons. The highest BCUT2D eigenvalue weighted by atomic mass is 15.1. The van der Waals surface area contributed by atoms with Crippen LogP contribution in [-0.4, -0.2) is 30.6 Å². The van der Waals surface area contributed by atoms with E-state index >= 15 is 0 Å². The summed E-state index contributed by atoms with van der Waals surface area (Å²) in [5.74, 6) is 0.742. The Morgan fingerprint density at radius 2 is 1.69 bits per heavy atom. The number of nitrogens with zero attached hydrogens (tertiary/aromatic N) is 1. The van der Waals surface area contributed by atoms with E-state index in [9.17, 15) is 0 Å². The minimum absolute atomic E-state index is 0.721. The molecule has 0 spiro atoms. The van der Waals surface area contributed by atoms with E-state index in [4.69, 9.17) is 5.73 Å². The second kappa shape index (κ2) is 7.34. The van der Waals surface area contributed by atoms with Crippen LogP contribution in [0.4, 0.5) is 0 Å². The van der Waals surface area contributed by atoms with Gasteiger partial charge in [0.05, 0.1) is 0 Å². The van der Waals surface area contributed by atoms with Crippen molar-refractivity contribution in [1.82, 2.24) is 4.90 Å². The van der Waals surface area contributed by atoms with Crippen molar-refractivity contribution in [1.29, 1.82) is 0 Å². The van der Waals surface area contributed by atoms with Crippen LogP contribution in [0.2, 0.25) is 0 Å². The third kappa shape index (κ3) is 4.63. The average molecular weight is 186 g/mol. The van der Waals surface area contributed by atoms with Gasteiger partial charge in [-0.2, -0.15) is 0 Å². The molecule has 80 valence electrons. The highest BCUT2D eigenvalue weighted by molar-refractivity contribution is 4.73. The van der Waals surface area contributed by atoms with Gasteiger partial charge in [-0.05, 0) is 38.4 Å². The SMILES string of the molecule is CCN(CC)C(CCCN)C(C)C. The number of hydrogen-bond donors (Lipinski definition) is 1. The molecule has 1 atom stereocenters. The van der Waals surface area contributed by atoms with E-state index in [0.29, 0.717) is 0 Å². The molecule has 0 aliphatic rings. The van der Waals surface area contributed by atoms with Crippen molar-refractivity contribution < 1.29 is 0 Å². The smallest absolute Gasteiger partial charge is 0.0118 e. The fourth-order valence-electron chi connectivity index (χ4n) is 1.96. The van der Waals surface area contributed by atoms with Crippen LogP contribution >= 0.6 is 0 Å². The monoisotopic (exact) mass is 186 g/mol. The van der Waals surface area contributed by atoms with Gasteiger partial charge < -0.3 is 10.6 Å². The van der Waals surface area contributed by atoms with Crippen molar-refractivity contribution >= 4 is 0 Å². The minimum Gasteiger partial charge on any atom is -0.330 e. The topological polar surface area (TPSA) is 29.3 Å². The van der Waals surface area contributed by atoms with Crippen LogP contribution in [0.5, 0.6) is 0 Å². The Labute approximate surface area is 83.5 Å². The van der Waals surface area contributed by atoms with Gasteiger partial charge in [-0.3, -0.25) is 0 Å². The quantitative estimate of drug-likeness (QED) is 0.659. The first-order chi connectivity index (χ1) is 6.17. The van der Waals surface area contributed by atoms with Gasteiger partial charge in [0.25, 0.3) is 0 Å². The van der Waals surface area contributed by atoms with Crippen LogP contribution in [-0.2, 0) is 0 Å². The molecule has 0 fully saturated rings. The molecule has 0 amide bonds. The molecule has 0 saturated carbocycles. The summed E-state index contributed by atoms with van der Waals surface area (Å²) in [6.07, 6.45) is 2.40. The van der Waals surface area contributed by atoms with Crippen LogP contribution in [0.15, 0.2) is 0 Å². The number of rotatable bonds is 7. The van der Waals surface area contributed by atoms with E-state index < -0.39 is 0 Å². The summed E-state index contributed by atoms with van der Waals surface area (Å²) in [5.41, 5.74) is 5.54. The van der Waals surface area contributed by atoms with Crippen LogP contribution in [0.1, 0.15) is 40.5 Å². The Morgan fingerprint density at radius 3 is 2.00 bits per heavy atom. The predicted octanol–water partition coefficient (Wildman–Crippen LogP) is 2.09. The molecule has 0 saturated heterocycles. The van der Waals surface area contributed by atoms with Gasteiger partial charge in [-0.15, -0.1) is 0 Å². The van der Waals surface area contributed by atoms with Gasteiger partial charge in [0.15, 0.2) is 0 Å². The maximum Gasteiger partial charge on any atom is 0.0118 e. The number of hydrogen-bond acceptors (Lipinski definition) is 2. The Bertz CT molecular complexity index is 109. The summed E-state index contributed by atoms with van der Waals surface area (Å²) in [7, 11) is 0. The summed E-state index contributed by atoms with van der Waals surface area (Å²) in [4.78, 5) is 2.54. The Balaban J connectivity index is 4.04. The van der Waals surface area contributed by atoms with E-state index in [1.54, 1.807) is 0 Å². The molecule has 1 unspecified atom stereocenters. The van der Waals surface area contributed by atoms with E-state index in [2.05, 4.69) is 32.6 Å². The molecule has 0 bridgehead atoms.